The molecule has 0 unspecified atom stereocenters. The van der Waals surface area contributed by atoms with Crippen LogP contribution in [0.4, 0.5) is 0 Å². The second-order valence-corrected chi connectivity index (χ2v) is 13.7. The highest BCUT2D eigenvalue weighted by Gasteiger charge is 2.53. The summed E-state index contributed by atoms with van der Waals surface area (Å²) in [5.74, 6) is -3.28. The number of hydrogen-bond donors (Lipinski definition) is 4. The standard InChI is InChI=1S/C40H32O8/c1-19-14-23-30-32-25(42)17-28(21-12-8-5-9-13-21)48-39(32)37(46)36(45)33(30)31(34(23)40(2,3)18-19)22-15-26(43)35(44)38-29(22)24(41)16-27(47-38)20-10-6-4-7-11-20/h4-17,23,31,34,43-46H,18H2,1-3H3/t23-,31-,34-/m0/s1. The smallest absolute Gasteiger partial charge is 0.202 e. The van der Waals surface area contributed by atoms with E-state index in [1.165, 1.54) is 18.2 Å². The summed E-state index contributed by atoms with van der Waals surface area (Å²) in [5, 5.41) is 45.8. The molecule has 0 aliphatic heterocycles. The lowest BCUT2D eigenvalue weighted by Gasteiger charge is -2.43. The molecule has 8 rings (SSSR count). The minimum Gasteiger partial charge on any atom is -0.504 e. The number of fused-ring (bicyclic) bond motifs is 6. The van der Waals surface area contributed by atoms with Gasteiger partial charge >= 0.3 is 0 Å². The first-order valence-corrected chi connectivity index (χ1v) is 15.8. The van der Waals surface area contributed by atoms with E-state index in [9.17, 15) is 30.0 Å². The van der Waals surface area contributed by atoms with Gasteiger partial charge in [-0.2, -0.15) is 0 Å². The molecule has 0 saturated heterocycles. The number of rotatable bonds is 3. The number of phenolic OH excluding ortho intramolecular Hbond substituents is 4. The van der Waals surface area contributed by atoms with Crippen LogP contribution in [0, 0.1) is 11.3 Å². The van der Waals surface area contributed by atoms with Crippen LogP contribution < -0.4 is 10.9 Å². The summed E-state index contributed by atoms with van der Waals surface area (Å²) < 4.78 is 12.3. The van der Waals surface area contributed by atoms with Crippen LogP contribution in [0.5, 0.6) is 23.0 Å². The fraction of sp³-hybridized carbons (Fsp3) is 0.200. The maximum Gasteiger partial charge on any atom is 0.202 e. The minimum absolute atomic E-state index is 0.0362. The second kappa shape index (κ2) is 10.4. The zero-order valence-electron chi connectivity index (χ0n) is 26.4. The average Bonchev–Trinajstić information content (AvgIpc) is 3.41. The molecule has 2 heterocycles. The highest BCUT2D eigenvalue weighted by Crippen LogP contribution is 2.66. The Balaban J connectivity index is 1.48. The molecular formula is C40H32O8. The minimum atomic E-state index is -0.799. The Morgan fingerprint density at radius 2 is 1.23 bits per heavy atom. The molecule has 4 aromatic carbocycles. The van der Waals surface area contributed by atoms with Crippen molar-refractivity contribution in [1.82, 2.24) is 0 Å². The lowest BCUT2D eigenvalue weighted by molar-refractivity contribution is 0.173. The summed E-state index contributed by atoms with van der Waals surface area (Å²) in [6.45, 7) is 6.20. The molecule has 0 amide bonds. The largest absolute Gasteiger partial charge is 0.504 e. The average molecular weight is 641 g/mol. The summed E-state index contributed by atoms with van der Waals surface area (Å²) in [6, 6.07) is 22.0. The van der Waals surface area contributed by atoms with E-state index in [0.717, 1.165) is 5.57 Å². The van der Waals surface area contributed by atoms with Crippen molar-refractivity contribution in [3.63, 3.8) is 0 Å². The molecule has 8 nitrogen and oxygen atoms in total. The van der Waals surface area contributed by atoms with E-state index in [-0.39, 0.29) is 50.4 Å². The van der Waals surface area contributed by atoms with Gasteiger partial charge in [-0.3, -0.25) is 9.59 Å². The van der Waals surface area contributed by atoms with E-state index < -0.39 is 45.7 Å². The molecule has 2 aliphatic rings. The Kier molecular flexibility index (Phi) is 6.40. The quantitative estimate of drug-likeness (QED) is 0.112. The fourth-order valence-electron chi connectivity index (χ4n) is 8.39. The molecular weight excluding hydrogens is 608 g/mol. The Bertz CT molecular complexity index is 2450. The van der Waals surface area contributed by atoms with E-state index in [4.69, 9.17) is 8.83 Å². The lowest BCUT2D eigenvalue weighted by atomic mass is 9.61. The van der Waals surface area contributed by atoms with Gasteiger partial charge < -0.3 is 29.3 Å². The van der Waals surface area contributed by atoms with E-state index in [2.05, 4.69) is 19.9 Å². The number of phenols is 4. The van der Waals surface area contributed by atoms with Crippen LogP contribution in [0.2, 0.25) is 0 Å². The maximum absolute atomic E-state index is 14.1. The molecule has 0 spiro atoms. The van der Waals surface area contributed by atoms with Gasteiger partial charge in [0.05, 0.1) is 10.8 Å². The van der Waals surface area contributed by atoms with Gasteiger partial charge in [-0.05, 0) is 41.9 Å². The molecule has 4 N–H and O–H groups in total. The van der Waals surface area contributed by atoms with E-state index in [1.54, 1.807) is 36.4 Å². The Morgan fingerprint density at radius 1 is 0.688 bits per heavy atom. The summed E-state index contributed by atoms with van der Waals surface area (Å²) in [5.41, 5.74) is 1.79. The van der Waals surface area contributed by atoms with Crippen LogP contribution in [0.25, 0.3) is 44.6 Å². The Hall–Kier alpha value is -5.76. The van der Waals surface area contributed by atoms with E-state index >= 15 is 0 Å². The van der Waals surface area contributed by atoms with Crippen molar-refractivity contribution in [3.05, 3.63) is 128 Å². The molecule has 0 radical (unpaired) electrons. The molecule has 2 aromatic heterocycles. The van der Waals surface area contributed by atoms with Crippen molar-refractivity contribution >= 4 is 21.9 Å². The van der Waals surface area contributed by atoms with Crippen molar-refractivity contribution in [3.8, 4) is 45.6 Å². The fourth-order valence-corrected chi connectivity index (χ4v) is 8.39. The van der Waals surface area contributed by atoms with Gasteiger partial charge in [-0.15, -0.1) is 0 Å². The number of aromatic hydroxyl groups is 4. The maximum atomic E-state index is 14.1. The molecule has 0 bridgehead atoms. The van der Waals surface area contributed by atoms with Crippen molar-refractivity contribution in [2.75, 3.05) is 0 Å². The second-order valence-electron chi connectivity index (χ2n) is 13.7. The molecule has 0 saturated carbocycles. The van der Waals surface area contributed by atoms with Crippen LogP contribution in [-0.2, 0) is 0 Å². The van der Waals surface area contributed by atoms with Gasteiger partial charge in [0.25, 0.3) is 0 Å². The number of benzene rings is 4. The topological polar surface area (TPSA) is 141 Å². The summed E-state index contributed by atoms with van der Waals surface area (Å²) >= 11 is 0. The van der Waals surface area contributed by atoms with Gasteiger partial charge in [0.2, 0.25) is 11.5 Å². The SMILES string of the molecule is CC1=C[C@H]2c3c(c(O)c(O)c4oc(-c5ccccc5)cc(=O)c34)[C@H](c3cc(O)c(O)c4oc(-c5ccccc5)cc(=O)c34)[C@H]2C(C)(C)C1. The molecule has 3 atom stereocenters. The van der Waals surface area contributed by atoms with Gasteiger partial charge in [-0.1, -0.05) is 86.2 Å². The van der Waals surface area contributed by atoms with Crippen LogP contribution in [-0.4, -0.2) is 20.4 Å². The first kappa shape index (κ1) is 29.6. The molecule has 6 aromatic rings. The van der Waals surface area contributed by atoms with E-state index in [0.29, 0.717) is 28.7 Å². The Labute approximate surface area is 274 Å². The van der Waals surface area contributed by atoms with Crippen LogP contribution in [0.3, 0.4) is 0 Å². The lowest BCUT2D eigenvalue weighted by Crippen LogP contribution is -2.33. The van der Waals surface area contributed by atoms with E-state index in [1.807, 2.05) is 31.2 Å². The van der Waals surface area contributed by atoms with Crippen LogP contribution in [0.1, 0.15) is 55.7 Å². The molecule has 240 valence electrons. The molecule has 48 heavy (non-hydrogen) atoms. The zero-order valence-corrected chi connectivity index (χ0v) is 26.4. The third kappa shape index (κ3) is 4.22. The first-order chi connectivity index (χ1) is 23.0. The first-order valence-electron chi connectivity index (χ1n) is 15.8. The van der Waals surface area contributed by atoms with Crippen molar-refractivity contribution in [2.24, 2.45) is 11.3 Å². The normalized spacial score (nSPS) is 19.6. The monoisotopic (exact) mass is 640 g/mol. The summed E-state index contributed by atoms with van der Waals surface area (Å²) in [4.78, 5) is 28.1. The van der Waals surface area contributed by atoms with Crippen molar-refractivity contribution in [1.29, 1.82) is 0 Å². The van der Waals surface area contributed by atoms with Crippen LogP contribution >= 0.6 is 0 Å². The van der Waals surface area contributed by atoms with Gasteiger partial charge in [0, 0.05) is 40.7 Å². The zero-order chi connectivity index (χ0) is 33.6. The summed E-state index contributed by atoms with van der Waals surface area (Å²) in [6.07, 6.45) is 2.76. The number of allylic oxidation sites excluding steroid dienone is 2. The third-order valence-electron chi connectivity index (χ3n) is 10.1. The van der Waals surface area contributed by atoms with Crippen molar-refractivity contribution in [2.45, 2.75) is 39.0 Å². The van der Waals surface area contributed by atoms with Gasteiger partial charge in [0.15, 0.2) is 33.5 Å². The highest BCUT2D eigenvalue weighted by molar-refractivity contribution is 5.95. The molecule has 0 fully saturated rings. The van der Waals surface area contributed by atoms with Gasteiger partial charge in [0.1, 0.15) is 11.5 Å². The highest BCUT2D eigenvalue weighted by atomic mass is 16.4. The predicted molar refractivity (Wildman–Crippen MR) is 183 cm³/mol. The summed E-state index contributed by atoms with van der Waals surface area (Å²) in [7, 11) is 0. The van der Waals surface area contributed by atoms with Crippen LogP contribution in [0.15, 0.2) is 109 Å². The number of hydrogen-bond acceptors (Lipinski definition) is 8. The van der Waals surface area contributed by atoms with Crippen molar-refractivity contribution < 1.29 is 29.3 Å². The third-order valence-corrected chi connectivity index (χ3v) is 10.1. The molecule has 2 aliphatic carbocycles. The van der Waals surface area contributed by atoms with Gasteiger partial charge in [-0.25, -0.2) is 0 Å². The molecule has 8 heteroatoms. The Morgan fingerprint density at radius 3 is 1.81 bits per heavy atom. The predicted octanol–water partition coefficient (Wildman–Crippen LogP) is 8.28.